The number of carbonyl (C=O) groups excluding carboxylic acids is 2. The average Bonchev–Trinajstić information content (AvgIpc) is 2.16. The SMILES string of the molecule is CCO[C@H]1C[C@@H]2C(=O)C(=O)[C@@H]1C=C2Cl. The molecule has 0 N–H and O–H groups in total. The fourth-order valence-electron chi connectivity index (χ4n) is 2.09. The summed E-state index contributed by atoms with van der Waals surface area (Å²) in [5.74, 6) is -1.58. The van der Waals surface area contributed by atoms with E-state index in [2.05, 4.69) is 0 Å². The predicted molar refractivity (Wildman–Crippen MR) is 51.0 cm³/mol. The Kier molecular flexibility index (Phi) is 2.45. The van der Waals surface area contributed by atoms with Crippen molar-refractivity contribution in [1.82, 2.24) is 0 Å². The summed E-state index contributed by atoms with van der Waals surface area (Å²) >= 11 is 5.87. The summed E-state index contributed by atoms with van der Waals surface area (Å²) in [6.45, 7) is 2.43. The molecular formula is C10H11ClO3. The Morgan fingerprint density at radius 3 is 2.86 bits per heavy atom. The Morgan fingerprint density at radius 2 is 2.21 bits per heavy atom. The molecule has 76 valence electrons. The van der Waals surface area contributed by atoms with E-state index >= 15 is 0 Å². The Labute approximate surface area is 87.1 Å². The molecule has 0 aromatic heterocycles. The van der Waals surface area contributed by atoms with Crippen LogP contribution in [0.25, 0.3) is 0 Å². The van der Waals surface area contributed by atoms with Gasteiger partial charge in [0.15, 0.2) is 0 Å². The molecule has 0 spiro atoms. The summed E-state index contributed by atoms with van der Waals surface area (Å²) in [7, 11) is 0. The summed E-state index contributed by atoms with van der Waals surface area (Å²) in [6.07, 6.45) is 2.07. The molecule has 0 amide bonds. The van der Waals surface area contributed by atoms with Crippen LogP contribution in [0, 0.1) is 11.8 Å². The van der Waals surface area contributed by atoms with Crippen molar-refractivity contribution in [3.05, 3.63) is 11.1 Å². The lowest BCUT2D eigenvalue weighted by Gasteiger charge is -2.36. The van der Waals surface area contributed by atoms with Crippen molar-refractivity contribution in [2.75, 3.05) is 6.61 Å². The Bertz CT molecular complexity index is 321. The summed E-state index contributed by atoms with van der Waals surface area (Å²) in [4.78, 5) is 22.9. The minimum atomic E-state index is -0.444. The largest absolute Gasteiger partial charge is 0.377 e. The van der Waals surface area contributed by atoms with E-state index in [1.54, 1.807) is 6.08 Å². The van der Waals surface area contributed by atoms with Gasteiger partial charge in [0.1, 0.15) is 0 Å². The molecule has 4 heteroatoms. The first-order valence-corrected chi connectivity index (χ1v) is 5.09. The predicted octanol–water partition coefficient (Wildman–Crippen LogP) is 1.30. The Balaban J connectivity index is 2.28. The molecule has 2 bridgehead atoms. The number of fused-ring (bicyclic) bond motifs is 2. The maximum absolute atomic E-state index is 11.5. The van der Waals surface area contributed by atoms with Gasteiger partial charge in [-0.1, -0.05) is 17.7 Å². The third-order valence-electron chi connectivity index (χ3n) is 2.78. The minimum absolute atomic E-state index is 0.155. The minimum Gasteiger partial charge on any atom is -0.377 e. The van der Waals surface area contributed by atoms with Gasteiger partial charge in [0.2, 0.25) is 11.6 Å². The fraction of sp³-hybridized carbons (Fsp3) is 0.600. The molecule has 3 aliphatic rings. The van der Waals surface area contributed by atoms with Gasteiger partial charge in [-0.05, 0) is 13.3 Å². The number of halogens is 1. The molecule has 3 rings (SSSR count). The van der Waals surface area contributed by atoms with Crippen LogP contribution in [0.15, 0.2) is 11.1 Å². The Hall–Kier alpha value is -0.670. The molecule has 0 aliphatic heterocycles. The number of carbonyl (C=O) groups is 2. The van der Waals surface area contributed by atoms with Crippen molar-refractivity contribution in [2.24, 2.45) is 11.8 Å². The number of ether oxygens (including phenoxy) is 1. The summed E-state index contributed by atoms with van der Waals surface area (Å²) < 4.78 is 5.41. The lowest BCUT2D eigenvalue weighted by atomic mass is 9.72. The maximum Gasteiger partial charge on any atom is 0.208 e. The van der Waals surface area contributed by atoms with E-state index in [1.807, 2.05) is 6.92 Å². The normalized spacial score (nSPS) is 36.1. The van der Waals surface area contributed by atoms with Gasteiger partial charge in [-0.2, -0.15) is 0 Å². The molecule has 1 saturated carbocycles. The molecule has 0 unspecified atom stereocenters. The van der Waals surface area contributed by atoms with Gasteiger partial charge in [0, 0.05) is 11.6 Å². The van der Waals surface area contributed by atoms with Gasteiger partial charge in [-0.25, -0.2) is 0 Å². The van der Waals surface area contributed by atoms with Crippen LogP contribution in [0.4, 0.5) is 0 Å². The number of allylic oxidation sites excluding steroid dienone is 1. The third kappa shape index (κ3) is 1.31. The number of hydrogen-bond acceptors (Lipinski definition) is 3. The number of Topliss-reactive ketones (excluding diaryl/α,β-unsaturated/α-hetero) is 2. The van der Waals surface area contributed by atoms with Crippen LogP contribution >= 0.6 is 11.6 Å². The van der Waals surface area contributed by atoms with Gasteiger partial charge in [-0.3, -0.25) is 9.59 Å². The second-order valence-electron chi connectivity index (χ2n) is 3.59. The quantitative estimate of drug-likeness (QED) is 0.651. The number of ketones is 2. The van der Waals surface area contributed by atoms with E-state index in [0.29, 0.717) is 18.1 Å². The van der Waals surface area contributed by atoms with Crippen LogP contribution in [0.2, 0.25) is 0 Å². The highest BCUT2D eigenvalue weighted by Crippen LogP contribution is 2.39. The molecule has 0 aromatic carbocycles. The highest BCUT2D eigenvalue weighted by atomic mass is 35.5. The zero-order valence-corrected chi connectivity index (χ0v) is 8.58. The maximum atomic E-state index is 11.5. The van der Waals surface area contributed by atoms with Crippen LogP contribution in [0.5, 0.6) is 0 Å². The molecule has 0 aromatic rings. The lowest BCUT2D eigenvalue weighted by Crippen LogP contribution is -2.48. The lowest BCUT2D eigenvalue weighted by molar-refractivity contribution is -0.148. The Morgan fingerprint density at radius 1 is 1.50 bits per heavy atom. The van der Waals surface area contributed by atoms with Crippen molar-refractivity contribution in [3.63, 3.8) is 0 Å². The van der Waals surface area contributed by atoms with E-state index in [1.165, 1.54) is 0 Å². The molecular weight excluding hydrogens is 204 g/mol. The van der Waals surface area contributed by atoms with Gasteiger partial charge >= 0.3 is 0 Å². The smallest absolute Gasteiger partial charge is 0.208 e. The van der Waals surface area contributed by atoms with Crippen LogP contribution in [0.1, 0.15) is 13.3 Å². The first-order chi connectivity index (χ1) is 6.65. The van der Waals surface area contributed by atoms with Crippen molar-refractivity contribution in [1.29, 1.82) is 0 Å². The van der Waals surface area contributed by atoms with Crippen molar-refractivity contribution < 1.29 is 14.3 Å². The second kappa shape index (κ2) is 3.48. The second-order valence-corrected chi connectivity index (χ2v) is 4.02. The van der Waals surface area contributed by atoms with Crippen molar-refractivity contribution in [2.45, 2.75) is 19.4 Å². The topological polar surface area (TPSA) is 43.4 Å². The molecule has 0 heterocycles. The van der Waals surface area contributed by atoms with Crippen LogP contribution in [-0.2, 0) is 14.3 Å². The van der Waals surface area contributed by atoms with Gasteiger partial charge in [0.05, 0.1) is 17.9 Å². The number of hydrogen-bond donors (Lipinski definition) is 0. The van der Waals surface area contributed by atoms with Crippen LogP contribution in [-0.4, -0.2) is 24.3 Å². The first-order valence-electron chi connectivity index (χ1n) is 4.72. The average molecular weight is 215 g/mol. The van der Waals surface area contributed by atoms with Gasteiger partial charge in [-0.15, -0.1) is 0 Å². The monoisotopic (exact) mass is 214 g/mol. The molecule has 3 nitrogen and oxygen atoms in total. The van der Waals surface area contributed by atoms with Gasteiger partial charge < -0.3 is 4.74 Å². The van der Waals surface area contributed by atoms with Crippen molar-refractivity contribution >= 4 is 23.2 Å². The molecule has 0 saturated heterocycles. The molecule has 14 heavy (non-hydrogen) atoms. The van der Waals surface area contributed by atoms with Crippen LogP contribution in [0.3, 0.4) is 0 Å². The first kappa shape index (κ1) is 9.87. The summed E-state index contributed by atoms with van der Waals surface area (Å²) in [5.41, 5.74) is 0. The number of rotatable bonds is 2. The highest BCUT2D eigenvalue weighted by Gasteiger charge is 2.47. The standard InChI is InChI=1S/C10H11ClO3/c1-2-14-8-4-5-7(11)3-6(8)10(13)9(5)12/h3,5-6,8H,2,4H2,1H3/t5-,6+,8-/m0/s1. The third-order valence-corrected chi connectivity index (χ3v) is 3.17. The van der Waals surface area contributed by atoms with Crippen molar-refractivity contribution in [3.8, 4) is 0 Å². The molecule has 3 atom stereocenters. The highest BCUT2D eigenvalue weighted by molar-refractivity contribution is 6.45. The summed E-state index contributed by atoms with van der Waals surface area (Å²) in [6, 6.07) is 0. The molecule has 1 fully saturated rings. The van der Waals surface area contributed by atoms with Crippen LogP contribution < -0.4 is 0 Å². The van der Waals surface area contributed by atoms with E-state index in [-0.39, 0.29) is 17.7 Å². The van der Waals surface area contributed by atoms with E-state index in [0.717, 1.165) is 0 Å². The molecule has 3 aliphatic carbocycles. The van der Waals surface area contributed by atoms with E-state index < -0.39 is 11.8 Å². The van der Waals surface area contributed by atoms with Gasteiger partial charge in [0.25, 0.3) is 0 Å². The molecule has 0 radical (unpaired) electrons. The van der Waals surface area contributed by atoms with E-state index in [4.69, 9.17) is 16.3 Å². The van der Waals surface area contributed by atoms with E-state index in [9.17, 15) is 9.59 Å². The zero-order chi connectivity index (χ0) is 10.3. The fourth-order valence-corrected chi connectivity index (χ4v) is 2.41. The summed E-state index contributed by atoms with van der Waals surface area (Å²) in [5, 5.41) is 0.510. The zero-order valence-electron chi connectivity index (χ0n) is 7.83.